The van der Waals surface area contributed by atoms with Gasteiger partial charge in [-0.15, -0.1) is 0 Å². The van der Waals surface area contributed by atoms with Gasteiger partial charge in [0, 0.05) is 25.1 Å². The number of methoxy groups -OCH3 is 1. The van der Waals surface area contributed by atoms with Crippen LogP contribution in [0.3, 0.4) is 0 Å². The number of nitrogens with one attached hydrogen (secondary N) is 2. The number of aromatic nitrogens is 1. The molecule has 1 aromatic rings. The largest absolute Gasteiger partial charge is 0.481 e. The van der Waals surface area contributed by atoms with Gasteiger partial charge in [-0.3, -0.25) is 4.79 Å². The van der Waals surface area contributed by atoms with Gasteiger partial charge in [-0.2, -0.15) is 4.98 Å². The molecule has 1 amide bonds. The van der Waals surface area contributed by atoms with Gasteiger partial charge in [-0.05, 0) is 12.5 Å². The lowest BCUT2D eigenvalue weighted by Crippen LogP contribution is -2.32. The fourth-order valence-corrected chi connectivity index (χ4v) is 1.76. The topological polar surface area (TPSA) is 89.3 Å². The molecule has 0 aliphatic carbocycles. The van der Waals surface area contributed by atoms with E-state index in [4.69, 9.17) is 10.5 Å². The van der Waals surface area contributed by atoms with Gasteiger partial charge in [0.05, 0.1) is 12.8 Å². The highest BCUT2D eigenvalue weighted by molar-refractivity contribution is 5.78. The van der Waals surface area contributed by atoms with E-state index in [0.717, 1.165) is 6.42 Å². The number of hydrogen-bond donors (Lipinski definition) is 3. The minimum Gasteiger partial charge on any atom is -0.481 e. The fraction of sp³-hybridized carbons (Fsp3) is 0.455. The molecule has 17 heavy (non-hydrogen) atoms. The Morgan fingerprint density at radius 1 is 1.65 bits per heavy atom. The minimum absolute atomic E-state index is 0.100. The standard InChI is InChI=1S/C11H16N4O2/c1-17-10-5-3-8(12)11(15-10)13-6-7-2-4-9(16)14-7/h3,5,7H,2,4,6,12H2,1H3,(H,13,15)(H,14,16). The van der Waals surface area contributed by atoms with E-state index < -0.39 is 0 Å². The lowest BCUT2D eigenvalue weighted by atomic mass is 10.2. The van der Waals surface area contributed by atoms with Gasteiger partial charge in [-0.1, -0.05) is 0 Å². The van der Waals surface area contributed by atoms with Crippen molar-refractivity contribution in [3.05, 3.63) is 12.1 Å². The summed E-state index contributed by atoms with van der Waals surface area (Å²) in [5.41, 5.74) is 6.35. The van der Waals surface area contributed by atoms with E-state index in [-0.39, 0.29) is 11.9 Å². The predicted octanol–water partition coefficient (Wildman–Crippen LogP) is 0.363. The van der Waals surface area contributed by atoms with E-state index in [9.17, 15) is 4.79 Å². The molecule has 1 saturated heterocycles. The summed E-state index contributed by atoms with van der Waals surface area (Å²) in [5.74, 6) is 1.20. The van der Waals surface area contributed by atoms with Crippen molar-refractivity contribution in [3.63, 3.8) is 0 Å². The number of rotatable bonds is 4. The van der Waals surface area contributed by atoms with Crippen molar-refractivity contribution in [3.8, 4) is 5.88 Å². The summed E-state index contributed by atoms with van der Waals surface area (Å²) in [4.78, 5) is 15.2. The van der Waals surface area contributed by atoms with E-state index in [1.165, 1.54) is 0 Å². The van der Waals surface area contributed by atoms with Gasteiger partial charge in [0.2, 0.25) is 11.8 Å². The van der Waals surface area contributed by atoms with Crippen molar-refractivity contribution in [1.29, 1.82) is 0 Å². The van der Waals surface area contributed by atoms with E-state index in [1.807, 2.05) is 0 Å². The number of hydrogen-bond acceptors (Lipinski definition) is 5. The predicted molar refractivity (Wildman–Crippen MR) is 64.9 cm³/mol. The van der Waals surface area contributed by atoms with Crippen LogP contribution in [0.1, 0.15) is 12.8 Å². The normalized spacial score (nSPS) is 18.9. The molecule has 1 aromatic heterocycles. The number of ether oxygens (including phenoxy) is 1. The molecule has 2 rings (SSSR count). The van der Waals surface area contributed by atoms with Crippen LogP contribution in [-0.4, -0.2) is 30.6 Å². The number of amides is 1. The first-order valence-corrected chi connectivity index (χ1v) is 5.53. The molecule has 1 atom stereocenters. The number of nitrogen functional groups attached to an aromatic ring is 1. The van der Waals surface area contributed by atoms with Gasteiger partial charge in [0.15, 0.2) is 5.82 Å². The van der Waals surface area contributed by atoms with Crippen LogP contribution in [0.15, 0.2) is 12.1 Å². The highest BCUT2D eigenvalue weighted by Crippen LogP contribution is 2.19. The molecule has 0 saturated carbocycles. The molecule has 6 nitrogen and oxygen atoms in total. The zero-order valence-electron chi connectivity index (χ0n) is 9.69. The maximum absolute atomic E-state index is 11.0. The number of nitrogens with two attached hydrogens (primary N) is 1. The van der Waals surface area contributed by atoms with Crippen LogP contribution in [0.4, 0.5) is 11.5 Å². The summed E-state index contributed by atoms with van der Waals surface area (Å²) in [6.07, 6.45) is 1.43. The van der Waals surface area contributed by atoms with Crippen LogP contribution in [0.2, 0.25) is 0 Å². The van der Waals surface area contributed by atoms with Crippen molar-refractivity contribution >= 4 is 17.4 Å². The molecular weight excluding hydrogens is 220 g/mol. The van der Waals surface area contributed by atoms with Crippen molar-refractivity contribution in [1.82, 2.24) is 10.3 Å². The third-order valence-corrected chi connectivity index (χ3v) is 2.71. The summed E-state index contributed by atoms with van der Waals surface area (Å²) in [5, 5.41) is 5.99. The summed E-state index contributed by atoms with van der Waals surface area (Å²) >= 11 is 0. The lowest BCUT2D eigenvalue weighted by molar-refractivity contribution is -0.119. The van der Waals surface area contributed by atoms with Crippen molar-refractivity contribution in [2.45, 2.75) is 18.9 Å². The average Bonchev–Trinajstić information content (AvgIpc) is 2.74. The molecule has 0 spiro atoms. The maximum atomic E-state index is 11.0. The van der Waals surface area contributed by atoms with Gasteiger partial charge in [-0.25, -0.2) is 0 Å². The fourth-order valence-electron chi connectivity index (χ4n) is 1.76. The zero-order valence-corrected chi connectivity index (χ0v) is 9.69. The van der Waals surface area contributed by atoms with Crippen molar-refractivity contribution < 1.29 is 9.53 Å². The number of carbonyl (C=O) groups excluding carboxylic acids is 1. The number of carbonyl (C=O) groups is 1. The van der Waals surface area contributed by atoms with Crippen molar-refractivity contribution in [2.24, 2.45) is 0 Å². The molecule has 92 valence electrons. The van der Waals surface area contributed by atoms with E-state index in [0.29, 0.717) is 30.4 Å². The molecule has 1 unspecified atom stereocenters. The smallest absolute Gasteiger partial charge is 0.220 e. The first kappa shape index (κ1) is 11.5. The molecule has 0 bridgehead atoms. The van der Waals surface area contributed by atoms with Crippen LogP contribution >= 0.6 is 0 Å². The molecule has 2 heterocycles. The highest BCUT2D eigenvalue weighted by Gasteiger charge is 2.20. The van der Waals surface area contributed by atoms with Crippen LogP contribution in [0.5, 0.6) is 5.88 Å². The molecule has 1 aliphatic heterocycles. The Balaban J connectivity index is 1.96. The Labute approximate surface area is 99.5 Å². The number of anilines is 2. The first-order valence-electron chi connectivity index (χ1n) is 5.53. The molecule has 1 aliphatic rings. The SMILES string of the molecule is COc1ccc(N)c(NCC2CCC(=O)N2)n1. The third-order valence-electron chi connectivity index (χ3n) is 2.71. The summed E-state index contributed by atoms with van der Waals surface area (Å²) in [7, 11) is 1.56. The maximum Gasteiger partial charge on any atom is 0.220 e. The summed E-state index contributed by atoms with van der Waals surface area (Å²) in [6, 6.07) is 3.59. The zero-order chi connectivity index (χ0) is 12.3. The first-order chi connectivity index (χ1) is 8.19. The van der Waals surface area contributed by atoms with Gasteiger partial charge < -0.3 is 21.1 Å². The molecule has 0 radical (unpaired) electrons. The molecule has 6 heteroatoms. The lowest BCUT2D eigenvalue weighted by Gasteiger charge is -2.13. The van der Waals surface area contributed by atoms with E-state index >= 15 is 0 Å². The van der Waals surface area contributed by atoms with Crippen LogP contribution < -0.4 is 21.1 Å². The summed E-state index contributed by atoms with van der Waals surface area (Å²) in [6.45, 7) is 0.621. The van der Waals surface area contributed by atoms with Gasteiger partial charge >= 0.3 is 0 Å². The molecule has 1 fully saturated rings. The van der Waals surface area contributed by atoms with Gasteiger partial charge in [0.25, 0.3) is 0 Å². The highest BCUT2D eigenvalue weighted by atomic mass is 16.5. The van der Waals surface area contributed by atoms with E-state index in [2.05, 4.69) is 15.6 Å². The minimum atomic E-state index is 0.100. The molecular formula is C11H16N4O2. The molecule has 0 aromatic carbocycles. The monoisotopic (exact) mass is 236 g/mol. The average molecular weight is 236 g/mol. The number of nitrogens with zero attached hydrogens (tertiary/aromatic N) is 1. The Morgan fingerprint density at radius 2 is 2.47 bits per heavy atom. The Bertz CT molecular complexity index is 422. The second-order valence-corrected chi connectivity index (χ2v) is 3.98. The second-order valence-electron chi connectivity index (χ2n) is 3.98. The Morgan fingerprint density at radius 3 is 3.12 bits per heavy atom. The van der Waals surface area contributed by atoms with Crippen molar-refractivity contribution in [2.75, 3.05) is 24.7 Å². The summed E-state index contributed by atoms with van der Waals surface area (Å²) < 4.78 is 5.02. The van der Waals surface area contributed by atoms with Crippen LogP contribution in [-0.2, 0) is 4.79 Å². The van der Waals surface area contributed by atoms with Crippen LogP contribution in [0, 0.1) is 0 Å². The third kappa shape index (κ3) is 2.77. The second kappa shape index (κ2) is 4.90. The number of pyridine rings is 1. The van der Waals surface area contributed by atoms with E-state index in [1.54, 1.807) is 19.2 Å². The molecule has 4 N–H and O–H groups in total. The Kier molecular flexibility index (Phi) is 3.32. The van der Waals surface area contributed by atoms with Crippen LogP contribution in [0.25, 0.3) is 0 Å². The Hall–Kier alpha value is -1.98. The quantitative estimate of drug-likeness (QED) is 0.702. The van der Waals surface area contributed by atoms with Gasteiger partial charge in [0.1, 0.15) is 0 Å².